The van der Waals surface area contributed by atoms with Crippen molar-refractivity contribution in [2.75, 3.05) is 0 Å². The van der Waals surface area contributed by atoms with E-state index in [2.05, 4.69) is 84.9 Å². The van der Waals surface area contributed by atoms with Crippen molar-refractivity contribution >= 4 is 5.97 Å². The number of fused-ring (bicyclic) bond motifs is 5. The molecule has 0 spiro atoms. The van der Waals surface area contributed by atoms with Crippen LogP contribution in [0.5, 0.6) is 0 Å². The molecular formula is C46H76O2. The third kappa shape index (κ3) is 10.2. The molecule has 0 radical (unpaired) electrons. The molecule has 0 N–H and O–H groups in total. The molecule has 0 aromatic carbocycles. The molecule has 4 aliphatic rings. The average Bonchev–Trinajstić information content (AvgIpc) is 3.42. The molecule has 48 heavy (non-hydrogen) atoms. The predicted molar refractivity (Wildman–Crippen MR) is 207 cm³/mol. The minimum absolute atomic E-state index is 0.0326. The Labute approximate surface area is 298 Å². The largest absolute Gasteiger partial charge is 0.462 e. The van der Waals surface area contributed by atoms with E-state index < -0.39 is 0 Å². The summed E-state index contributed by atoms with van der Waals surface area (Å²) in [5.41, 5.74) is 3.99. The molecule has 3 fully saturated rings. The van der Waals surface area contributed by atoms with Crippen molar-refractivity contribution in [3.05, 3.63) is 47.6 Å². The molecule has 8 atom stereocenters. The lowest BCUT2D eigenvalue weighted by molar-refractivity contribution is -0.151. The van der Waals surface area contributed by atoms with Gasteiger partial charge in [-0.05, 0) is 117 Å². The van der Waals surface area contributed by atoms with Crippen LogP contribution in [0.15, 0.2) is 47.6 Å². The second kappa shape index (κ2) is 19.2. The van der Waals surface area contributed by atoms with Crippen LogP contribution in [0.4, 0.5) is 0 Å². The standard InChI is InChI=1S/C46H76O2/c1-8-9-10-11-12-13-14-15-16-17-18-19-20-21-22-23-44(47)48-39-30-32-45(6)38(34-39)26-27-40-42-29-28-41(46(42,7)33-31-43(40)45)37(5)25-24-36(4)35(2)3/h15-16,24-27,35-37,39,41-43H,8-14,17-23,28-34H2,1-7H3/b16-15-,25-24+/t36-,37+,39-,41+,42-,43+,45+,46+/m0/s1. The molecule has 0 aliphatic heterocycles. The summed E-state index contributed by atoms with van der Waals surface area (Å²) in [6.45, 7) is 17.0. The highest BCUT2D eigenvalue weighted by atomic mass is 16.5. The molecule has 0 aromatic heterocycles. The van der Waals surface area contributed by atoms with Gasteiger partial charge in [0, 0.05) is 12.8 Å². The molecule has 0 saturated heterocycles. The maximum absolute atomic E-state index is 12.8. The van der Waals surface area contributed by atoms with Gasteiger partial charge >= 0.3 is 5.97 Å². The highest BCUT2D eigenvalue weighted by molar-refractivity contribution is 5.69. The van der Waals surface area contributed by atoms with Gasteiger partial charge in [0.1, 0.15) is 6.10 Å². The molecule has 272 valence electrons. The Bertz CT molecular complexity index is 1110. The quantitative estimate of drug-likeness (QED) is 0.0738. The molecular weight excluding hydrogens is 585 g/mol. The molecule has 2 heteroatoms. The Balaban J connectivity index is 1.16. The van der Waals surface area contributed by atoms with Gasteiger partial charge < -0.3 is 4.74 Å². The number of hydrogen-bond acceptors (Lipinski definition) is 2. The zero-order chi connectivity index (χ0) is 34.6. The fraction of sp³-hybridized carbons (Fsp3) is 0.804. The van der Waals surface area contributed by atoms with E-state index in [1.807, 2.05) is 0 Å². The number of hydrogen-bond donors (Lipinski definition) is 0. The van der Waals surface area contributed by atoms with E-state index in [1.165, 1.54) is 96.3 Å². The van der Waals surface area contributed by atoms with Crippen LogP contribution in [0.25, 0.3) is 0 Å². The van der Waals surface area contributed by atoms with Crippen molar-refractivity contribution in [2.45, 2.75) is 189 Å². The summed E-state index contributed by atoms with van der Waals surface area (Å²) in [6, 6.07) is 0. The van der Waals surface area contributed by atoms with Crippen LogP contribution >= 0.6 is 0 Å². The molecule has 2 nitrogen and oxygen atoms in total. The van der Waals surface area contributed by atoms with Gasteiger partial charge in [-0.15, -0.1) is 0 Å². The third-order valence-corrected chi connectivity index (χ3v) is 13.9. The van der Waals surface area contributed by atoms with E-state index in [4.69, 9.17) is 4.74 Å². The normalized spacial score (nSPS) is 31.3. The van der Waals surface area contributed by atoms with Crippen molar-refractivity contribution in [1.82, 2.24) is 0 Å². The Kier molecular flexibility index (Phi) is 15.6. The first-order chi connectivity index (χ1) is 23.1. The van der Waals surface area contributed by atoms with Crippen LogP contribution in [0.3, 0.4) is 0 Å². The molecule has 4 aliphatic carbocycles. The highest BCUT2D eigenvalue weighted by Gasteiger charge is 2.57. The molecule has 4 rings (SSSR count). The summed E-state index contributed by atoms with van der Waals surface area (Å²) in [6.07, 6.45) is 40.7. The van der Waals surface area contributed by atoms with E-state index in [1.54, 1.807) is 11.1 Å². The number of ether oxygens (including phenoxy) is 1. The fourth-order valence-corrected chi connectivity index (χ4v) is 10.3. The van der Waals surface area contributed by atoms with Crippen LogP contribution in [-0.4, -0.2) is 12.1 Å². The Morgan fingerprint density at radius 2 is 1.46 bits per heavy atom. The van der Waals surface area contributed by atoms with Gasteiger partial charge in [-0.25, -0.2) is 0 Å². The van der Waals surface area contributed by atoms with Crippen molar-refractivity contribution in [1.29, 1.82) is 0 Å². The zero-order valence-electron chi connectivity index (χ0n) is 32.7. The van der Waals surface area contributed by atoms with Crippen molar-refractivity contribution in [2.24, 2.45) is 46.3 Å². The summed E-state index contributed by atoms with van der Waals surface area (Å²) in [5, 5.41) is 0. The predicted octanol–water partition coefficient (Wildman–Crippen LogP) is 13.9. The van der Waals surface area contributed by atoms with E-state index in [0.717, 1.165) is 43.9 Å². The minimum atomic E-state index is 0.0326. The SMILES string of the molecule is CCCCCCCC/C=C\CCCCCCCC(=O)O[C@H]1CC[C@]2(C)C(=CC=C3[C@H]2CC[C@]2(C)[C@@H]([C@H](C)/C=C/[C@H](C)C(C)C)CC[C@@H]32)C1. The topological polar surface area (TPSA) is 26.3 Å². The molecule has 3 saturated carbocycles. The maximum atomic E-state index is 12.8. The number of carbonyl (C=O) groups is 1. The number of unbranched alkanes of at least 4 members (excludes halogenated alkanes) is 11. The lowest BCUT2D eigenvalue weighted by Gasteiger charge is -2.55. The molecule has 0 unspecified atom stereocenters. The minimum Gasteiger partial charge on any atom is -0.462 e. The fourth-order valence-electron chi connectivity index (χ4n) is 10.3. The number of carbonyl (C=O) groups excluding carboxylic acids is 1. The summed E-state index contributed by atoms with van der Waals surface area (Å²) in [7, 11) is 0. The van der Waals surface area contributed by atoms with Gasteiger partial charge in [-0.1, -0.05) is 147 Å². The lowest BCUT2D eigenvalue weighted by Crippen LogP contribution is -2.46. The first-order valence-electron chi connectivity index (χ1n) is 21.0. The van der Waals surface area contributed by atoms with Crippen LogP contribution in [0.1, 0.15) is 183 Å². The van der Waals surface area contributed by atoms with Gasteiger partial charge in [0.2, 0.25) is 0 Å². The number of rotatable bonds is 20. The highest BCUT2D eigenvalue weighted by Crippen LogP contribution is 2.66. The Hall–Kier alpha value is -1.57. The van der Waals surface area contributed by atoms with Crippen molar-refractivity contribution < 1.29 is 9.53 Å². The first kappa shape index (κ1) is 39.2. The van der Waals surface area contributed by atoms with Gasteiger partial charge in [0.15, 0.2) is 0 Å². The Morgan fingerprint density at radius 3 is 2.15 bits per heavy atom. The second-order valence-electron chi connectivity index (χ2n) is 17.6. The molecule has 0 aromatic rings. The number of allylic oxidation sites excluding steroid dienone is 7. The molecule has 0 heterocycles. The van der Waals surface area contributed by atoms with E-state index in [0.29, 0.717) is 35.5 Å². The monoisotopic (exact) mass is 661 g/mol. The third-order valence-electron chi connectivity index (χ3n) is 13.9. The van der Waals surface area contributed by atoms with Gasteiger partial charge in [0.25, 0.3) is 0 Å². The Morgan fingerprint density at radius 1 is 0.792 bits per heavy atom. The van der Waals surface area contributed by atoms with Crippen LogP contribution in [-0.2, 0) is 9.53 Å². The molecule has 0 amide bonds. The van der Waals surface area contributed by atoms with Crippen LogP contribution < -0.4 is 0 Å². The van der Waals surface area contributed by atoms with Gasteiger partial charge in [-0.2, -0.15) is 0 Å². The number of esters is 1. The van der Waals surface area contributed by atoms with Crippen LogP contribution in [0.2, 0.25) is 0 Å². The van der Waals surface area contributed by atoms with Crippen molar-refractivity contribution in [3.63, 3.8) is 0 Å². The molecule has 0 bridgehead atoms. The second-order valence-corrected chi connectivity index (χ2v) is 17.6. The first-order valence-corrected chi connectivity index (χ1v) is 21.0. The van der Waals surface area contributed by atoms with E-state index in [9.17, 15) is 4.79 Å². The van der Waals surface area contributed by atoms with Crippen LogP contribution in [0, 0.1) is 46.3 Å². The van der Waals surface area contributed by atoms with Crippen molar-refractivity contribution in [3.8, 4) is 0 Å². The summed E-state index contributed by atoms with van der Waals surface area (Å²) in [4.78, 5) is 12.8. The van der Waals surface area contributed by atoms with E-state index in [-0.39, 0.29) is 17.5 Å². The summed E-state index contributed by atoms with van der Waals surface area (Å²) in [5.74, 6) is 4.24. The van der Waals surface area contributed by atoms with Gasteiger partial charge in [0.05, 0.1) is 0 Å². The van der Waals surface area contributed by atoms with E-state index >= 15 is 0 Å². The maximum Gasteiger partial charge on any atom is 0.306 e. The lowest BCUT2D eigenvalue weighted by atomic mass is 9.50. The average molecular weight is 661 g/mol. The summed E-state index contributed by atoms with van der Waals surface area (Å²) < 4.78 is 6.10. The zero-order valence-corrected chi connectivity index (χ0v) is 32.7. The smallest absolute Gasteiger partial charge is 0.306 e. The van der Waals surface area contributed by atoms with Gasteiger partial charge in [-0.3, -0.25) is 4.79 Å². The summed E-state index contributed by atoms with van der Waals surface area (Å²) >= 11 is 0.